The maximum absolute atomic E-state index is 13.3. The molecule has 2 N–H and O–H groups in total. The van der Waals surface area contributed by atoms with Crippen LogP contribution in [0.2, 0.25) is 0 Å². The van der Waals surface area contributed by atoms with Gasteiger partial charge in [-0.15, -0.1) is 0 Å². The van der Waals surface area contributed by atoms with Gasteiger partial charge in [0.05, 0.1) is 10.6 Å². The molecule has 0 saturated heterocycles. The van der Waals surface area contributed by atoms with Crippen LogP contribution >= 0.6 is 11.9 Å². The molecule has 1 aliphatic heterocycles. The lowest BCUT2D eigenvalue weighted by Crippen LogP contribution is -2.29. The van der Waals surface area contributed by atoms with E-state index in [1.165, 1.54) is 18.0 Å². The summed E-state index contributed by atoms with van der Waals surface area (Å²) in [7, 11) is 0. The highest BCUT2D eigenvalue weighted by Gasteiger charge is 2.19. The van der Waals surface area contributed by atoms with Gasteiger partial charge in [0.15, 0.2) is 11.6 Å². The SMILES string of the molecule is C=C/C(CCCC)=C(\C=C)Oc1cccc2c1NC(=Nc1cccc(F)n1)NS2.[HH].[HH]. The first-order valence-electron chi connectivity index (χ1n) is 9.34. The topological polar surface area (TPSA) is 58.5 Å². The zero-order chi connectivity index (χ0) is 20.6. The number of hydrogen-bond acceptors (Lipinski definition) is 4. The van der Waals surface area contributed by atoms with Crippen LogP contribution < -0.4 is 14.8 Å². The van der Waals surface area contributed by atoms with Crippen LogP contribution in [0.1, 0.15) is 29.0 Å². The summed E-state index contributed by atoms with van der Waals surface area (Å²) in [6.07, 6.45) is 6.52. The molecule has 0 amide bonds. The van der Waals surface area contributed by atoms with Gasteiger partial charge in [0.1, 0.15) is 5.76 Å². The molecule has 2 aromatic rings. The van der Waals surface area contributed by atoms with E-state index in [9.17, 15) is 4.39 Å². The minimum absolute atomic E-state index is 0. The van der Waals surface area contributed by atoms with Crippen molar-refractivity contribution in [1.82, 2.24) is 9.71 Å². The van der Waals surface area contributed by atoms with E-state index < -0.39 is 5.95 Å². The lowest BCUT2D eigenvalue weighted by Gasteiger charge is -2.23. The molecular weight excluding hydrogens is 387 g/mol. The number of aliphatic imine (C=N–C) groups is 1. The van der Waals surface area contributed by atoms with Crippen molar-refractivity contribution in [3.8, 4) is 5.75 Å². The van der Waals surface area contributed by atoms with Crippen LogP contribution in [-0.4, -0.2) is 10.9 Å². The summed E-state index contributed by atoms with van der Waals surface area (Å²) in [5, 5.41) is 3.21. The smallest absolute Gasteiger partial charge is 0.214 e. The predicted molar refractivity (Wildman–Crippen MR) is 122 cm³/mol. The van der Waals surface area contributed by atoms with Crippen molar-refractivity contribution in [2.24, 2.45) is 4.99 Å². The van der Waals surface area contributed by atoms with Crippen LogP contribution in [0, 0.1) is 5.95 Å². The largest absolute Gasteiger partial charge is 0.455 e. The Morgan fingerprint density at radius 1 is 1.28 bits per heavy atom. The zero-order valence-corrected chi connectivity index (χ0v) is 17.1. The number of unbranched alkanes of at least 4 members (excludes halogenated alkanes) is 1. The summed E-state index contributed by atoms with van der Waals surface area (Å²) in [4.78, 5) is 9.04. The van der Waals surface area contributed by atoms with Gasteiger partial charge in [-0.2, -0.15) is 9.38 Å². The fraction of sp³-hybridized carbons (Fsp3) is 0.182. The number of nitrogens with zero attached hydrogens (tertiary/aromatic N) is 2. The predicted octanol–water partition coefficient (Wildman–Crippen LogP) is 6.62. The Morgan fingerprint density at radius 2 is 2.10 bits per heavy atom. The molecule has 1 aliphatic rings. The van der Waals surface area contributed by atoms with E-state index >= 15 is 0 Å². The van der Waals surface area contributed by atoms with E-state index in [0.29, 0.717) is 17.5 Å². The molecule has 154 valence electrons. The third kappa shape index (κ3) is 5.26. The van der Waals surface area contributed by atoms with Crippen LogP contribution in [0.3, 0.4) is 0 Å². The van der Waals surface area contributed by atoms with E-state index in [1.807, 2.05) is 24.3 Å². The highest BCUT2D eigenvalue weighted by atomic mass is 32.2. The molecule has 1 aromatic heterocycles. The Labute approximate surface area is 177 Å². The van der Waals surface area contributed by atoms with Crippen LogP contribution in [0.5, 0.6) is 5.75 Å². The minimum Gasteiger partial charge on any atom is -0.455 e. The second-order valence-corrected chi connectivity index (χ2v) is 7.09. The van der Waals surface area contributed by atoms with Gasteiger partial charge >= 0.3 is 0 Å². The maximum Gasteiger partial charge on any atom is 0.214 e. The number of fused-ring (bicyclic) bond motifs is 1. The van der Waals surface area contributed by atoms with Crippen molar-refractivity contribution in [3.05, 3.63) is 79.0 Å². The molecule has 1 aromatic carbocycles. The Kier molecular flexibility index (Phi) is 7.08. The van der Waals surface area contributed by atoms with Gasteiger partial charge < -0.3 is 10.1 Å². The summed E-state index contributed by atoms with van der Waals surface area (Å²) in [6, 6.07) is 10.2. The van der Waals surface area contributed by atoms with Crippen molar-refractivity contribution in [2.75, 3.05) is 5.32 Å². The highest BCUT2D eigenvalue weighted by Crippen LogP contribution is 2.38. The van der Waals surface area contributed by atoms with Gasteiger partial charge in [0.2, 0.25) is 11.9 Å². The molecule has 0 aliphatic carbocycles. The number of allylic oxidation sites excluding steroid dienone is 3. The highest BCUT2D eigenvalue weighted by molar-refractivity contribution is 7.98. The second kappa shape index (κ2) is 9.93. The molecule has 0 saturated carbocycles. The van der Waals surface area contributed by atoms with Crippen LogP contribution in [0.4, 0.5) is 15.9 Å². The van der Waals surface area contributed by atoms with E-state index in [2.05, 4.69) is 40.1 Å². The molecule has 5 nitrogen and oxygen atoms in total. The number of nitrogens with one attached hydrogen (secondary N) is 2. The van der Waals surface area contributed by atoms with Crippen molar-refractivity contribution in [2.45, 2.75) is 31.1 Å². The number of halogens is 1. The third-order valence-electron chi connectivity index (χ3n) is 4.18. The Balaban J connectivity index is 0.00000240. The van der Waals surface area contributed by atoms with Crippen molar-refractivity contribution in [3.63, 3.8) is 0 Å². The van der Waals surface area contributed by atoms with Gasteiger partial charge in [-0.1, -0.05) is 44.7 Å². The fourth-order valence-electron chi connectivity index (χ4n) is 2.73. The number of aromatic nitrogens is 1. The maximum atomic E-state index is 13.3. The normalized spacial score (nSPS) is 14.9. The third-order valence-corrected chi connectivity index (χ3v) is 5.04. The molecule has 3 rings (SSSR count). The molecule has 0 radical (unpaired) electrons. The molecule has 0 bridgehead atoms. The van der Waals surface area contributed by atoms with Crippen LogP contribution in [0.25, 0.3) is 0 Å². The Bertz CT molecular complexity index is 982. The summed E-state index contributed by atoms with van der Waals surface area (Å²) in [5.41, 5.74) is 1.78. The number of ether oxygens (including phenoxy) is 1. The number of guanidine groups is 1. The molecule has 0 spiro atoms. The van der Waals surface area contributed by atoms with Gasteiger partial charge in [0, 0.05) is 2.85 Å². The summed E-state index contributed by atoms with van der Waals surface area (Å²) >= 11 is 1.39. The van der Waals surface area contributed by atoms with E-state index in [0.717, 1.165) is 35.4 Å². The number of para-hydroxylation sites is 1. The minimum atomic E-state index is -0.579. The van der Waals surface area contributed by atoms with Crippen LogP contribution in [0.15, 0.2) is 82.9 Å². The van der Waals surface area contributed by atoms with Crippen LogP contribution in [-0.2, 0) is 0 Å². The van der Waals surface area contributed by atoms with Crippen molar-refractivity contribution in [1.29, 1.82) is 0 Å². The zero-order valence-electron chi connectivity index (χ0n) is 16.2. The van der Waals surface area contributed by atoms with Gasteiger partial charge in [-0.05, 0) is 60.7 Å². The number of anilines is 1. The number of benzene rings is 1. The van der Waals surface area contributed by atoms with E-state index in [4.69, 9.17) is 4.74 Å². The monoisotopic (exact) mass is 414 g/mol. The molecule has 29 heavy (non-hydrogen) atoms. The van der Waals surface area contributed by atoms with Crippen molar-refractivity contribution < 1.29 is 12.0 Å². The lowest BCUT2D eigenvalue weighted by molar-refractivity contribution is 0.438. The summed E-state index contributed by atoms with van der Waals surface area (Å²) in [5.74, 6) is 1.45. The first-order valence-corrected chi connectivity index (χ1v) is 10.2. The fourth-order valence-corrected chi connectivity index (χ4v) is 3.43. The Hall–Kier alpha value is -3.06. The first-order chi connectivity index (χ1) is 14.1. The molecule has 0 atom stereocenters. The van der Waals surface area contributed by atoms with Crippen molar-refractivity contribution >= 4 is 29.4 Å². The number of hydrogen-bond donors (Lipinski definition) is 2. The standard InChI is InChI=1S/C22H23FN4OS.2H2/c1-4-7-10-15(5-2)16(6-3)28-17-11-8-12-18-21(17)26-22(27-29-18)25-20-14-9-13-19(23)24-20;;/h5-6,8-9,11-14H,2-4,7,10H2,1H3,(H2,24,25,26,27);2*1H/b16-15-;;. The van der Waals surface area contributed by atoms with E-state index in [1.54, 1.807) is 18.2 Å². The van der Waals surface area contributed by atoms with Gasteiger partial charge in [0.25, 0.3) is 0 Å². The molecule has 0 unspecified atom stereocenters. The number of rotatable bonds is 8. The molecule has 7 heteroatoms. The Morgan fingerprint density at radius 3 is 2.83 bits per heavy atom. The van der Waals surface area contributed by atoms with E-state index in [-0.39, 0.29) is 8.67 Å². The van der Waals surface area contributed by atoms with Gasteiger partial charge in [-0.3, -0.25) is 4.72 Å². The molecular formula is C22H27FN4OS. The van der Waals surface area contributed by atoms with Gasteiger partial charge in [-0.25, -0.2) is 4.98 Å². The first kappa shape index (κ1) is 20.7. The lowest BCUT2D eigenvalue weighted by atomic mass is 10.1. The average molecular weight is 415 g/mol. The second-order valence-electron chi connectivity index (χ2n) is 6.24. The molecule has 2 heterocycles. The number of pyridine rings is 1. The summed E-state index contributed by atoms with van der Waals surface area (Å²) < 4.78 is 22.6. The summed E-state index contributed by atoms with van der Waals surface area (Å²) in [6.45, 7) is 9.94. The average Bonchev–Trinajstić information content (AvgIpc) is 2.73. The quantitative estimate of drug-likeness (QED) is 0.220. The molecule has 0 fully saturated rings.